The molecule has 0 spiro atoms. The van der Waals surface area contributed by atoms with E-state index >= 15 is 0 Å². The quantitative estimate of drug-likeness (QED) is 0.496. The zero-order valence-electron chi connectivity index (χ0n) is 15.1. The predicted molar refractivity (Wildman–Crippen MR) is 118 cm³/mol. The minimum Gasteiger partial charge on any atom is -0.345 e. The molecule has 0 unspecified atom stereocenters. The first-order valence-electron chi connectivity index (χ1n) is 8.76. The van der Waals surface area contributed by atoms with E-state index in [0.717, 1.165) is 20.9 Å². The number of anilines is 1. The number of piperazine rings is 1. The summed E-state index contributed by atoms with van der Waals surface area (Å²) in [6.45, 7) is 1.85. The number of benzene rings is 2. The van der Waals surface area contributed by atoms with Crippen molar-refractivity contribution in [2.24, 2.45) is 0 Å². The van der Waals surface area contributed by atoms with Crippen LogP contribution in [0.5, 0.6) is 0 Å². The van der Waals surface area contributed by atoms with Crippen LogP contribution in [0.3, 0.4) is 0 Å². The van der Waals surface area contributed by atoms with Crippen molar-refractivity contribution in [2.45, 2.75) is 4.90 Å². The van der Waals surface area contributed by atoms with Gasteiger partial charge in [0.1, 0.15) is 5.82 Å². The number of rotatable bonds is 4. The van der Waals surface area contributed by atoms with Crippen molar-refractivity contribution in [1.82, 2.24) is 9.29 Å². The average molecular weight is 517 g/mol. The van der Waals surface area contributed by atoms with Crippen LogP contribution in [0, 0.1) is 5.82 Å². The van der Waals surface area contributed by atoms with E-state index in [-0.39, 0.29) is 9.92 Å². The van der Waals surface area contributed by atoms with Gasteiger partial charge in [-0.2, -0.15) is 4.31 Å². The highest BCUT2D eigenvalue weighted by atomic mass is 79.9. The molecular weight excluding hydrogens is 501 g/mol. The van der Waals surface area contributed by atoms with E-state index in [4.69, 9.17) is 11.6 Å². The number of hydrogen-bond acceptors (Lipinski definition) is 5. The molecule has 4 rings (SSSR count). The number of hydrogen-bond donors (Lipinski definition) is 0. The van der Waals surface area contributed by atoms with Crippen molar-refractivity contribution < 1.29 is 12.8 Å². The normalized spacial score (nSPS) is 15.6. The first-order chi connectivity index (χ1) is 13.8. The highest BCUT2D eigenvalue weighted by molar-refractivity contribution is 9.10. The van der Waals surface area contributed by atoms with Crippen LogP contribution in [0.25, 0.3) is 11.3 Å². The summed E-state index contributed by atoms with van der Waals surface area (Å²) in [5.41, 5.74) is 1.46. The van der Waals surface area contributed by atoms with Crippen LogP contribution in [0.4, 0.5) is 9.52 Å². The fourth-order valence-corrected chi connectivity index (χ4v) is 6.18. The highest BCUT2D eigenvalue weighted by Crippen LogP contribution is 2.31. The van der Waals surface area contributed by atoms with Gasteiger partial charge in [0.15, 0.2) is 5.13 Å². The predicted octanol–water partition coefficient (Wildman–Crippen LogP) is 4.88. The third kappa shape index (κ3) is 4.34. The first kappa shape index (κ1) is 20.7. The maximum absolute atomic E-state index is 13.4. The molecule has 152 valence electrons. The topological polar surface area (TPSA) is 53.5 Å². The van der Waals surface area contributed by atoms with E-state index in [1.54, 1.807) is 36.4 Å². The Morgan fingerprint density at radius 2 is 1.86 bits per heavy atom. The minimum absolute atomic E-state index is 0.0587. The van der Waals surface area contributed by atoms with E-state index < -0.39 is 15.8 Å². The molecule has 0 radical (unpaired) electrons. The van der Waals surface area contributed by atoms with Gasteiger partial charge in [0.2, 0.25) is 10.0 Å². The number of aromatic nitrogens is 1. The van der Waals surface area contributed by atoms with Crippen LogP contribution in [0.15, 0.2) is 57.2 Å². The molecule has 1 fully saturated rings. The molecule has 0 saturated carbocycles. The van der Waals surface area contributed by atoms with Crippen LogP contribution in [-0.4, -0.2) is 43.9 Å². The summed E-state index contributed by atoms with van der Waals surface area (Å²) >= 11 is 10.7. The van der Waals surface area contributed by atoms with E-state index in [2.05, 4.69) is 25.8 Å². The Morgan fingerprint density at radius 3 is 2.55 bits per heavy atom. The molecule has 0 atom stereocenters. The molecule has 1 saturated heterocycles. The molecule has 1 aliphatic heterocycles. The molecule has 1 aromatic heterocycles. The smallest absolute Gasteiger partial charge is 0.243 e. The van der Waals surface area contributed by atoms with Gasteiger partial charge in [-0.15, -0.1) is 11.3 Å². The molecule has 5 nitrogen and oxygen atoms in total. The molecule has 2 heterocycles. The van der Waals surface area contributed by atoms with Crippen LogP contribution in [-0.2, 0) is 10.0 Å². The second-order valence-corrected chi connectivity index (χ2v) is 10.6. The SMILES string of the molecule is O=S(=O)(c1cccc(Br)c1)N1CCN(c2nc(-c3ccc(F)c(Cl)c3)cs2)CC1. The highest BCUT2D eigenvalue weighted by Gasteiger charge is 2.29. The van der Waals surface area contributed by atoms with Gasteiger partial charge in [0, 0.05) is 41.6 Å². The fraction of sp³-hybridized carbons (Fsp3) is 0.211. The second kappa shape index (κ2) is 8.31. The third-order valence-corrected chi connectivity index (χ3v) is 8.23. The van der Waals surface area contributed by atoms with Crippen LogP contribution < -0.4 is 4.90 Å². The van der Waals surface area contributed by atoms with E-state index in [9.17, 15) is 12.8 Å². The van der Waals surface area contributed by atoms with Crippen molar-refractivity contribution in [3.8, 4) is 11.3 Å². The van der Waals surface area contributed by atoms with Crippen molar-refractivity contribution in [3.05, 3.63) is 63.2 Å². The van der Waals surface area contributed by atoms with E-state index in [1.165, 1.54) is 21.7 Å². The summed E-state index contributed by atoms with van der Waals surface area (Å²) in [6.07, 6.45) is 0. The molecule has 0 aliphatic carbocycles. The Hall–Kier alpha value is -1.52. The van der Waals surface area contributed by atoms with E-state index in [1.807, 2.05) is 5.38 Å². The number of sulfonamides is 1. The zero-order valence-corrected chi connectivity index (χ0v) is 19.0. The Labute approximate surface area is 185 Å². The van der Waals surface area contributed by atoms with Gasteiger partial charge in [-0.1, -0.05) is 33.6 Å². The lowest BCUT2D eigenvalue weighted by molar-refractivity contribution is 0.385. The fourth-order valence-electron chi connectivity index (χ4n) is 3.09. The number of nitrogens with zero attached hydrogens (tertiary/aromatic N) is 3. The summed E-state index contributed by atoms with van der Waals surface area (Å²) in [5, 5.41) is 2.76. The van der Waals surface area contributed by atoms with Gasteiger partial charge in [-0.05, 0) is 36.4 Å². The summed E-state index contributed by atoms with van der Waals surface area (Å²) in [4.78, 5) is 6.97. The van der Waals surface area contributed by atoms with Gasteiger partial charge in [-0.3, -0.25) is 0 Å². The average Bonchev–Trinajstić information content (AvgIpc) is 3.20. The van der Waals surface area contributed by atoms with Gasteiger partial charge >= 0.3 is 0 Å². The Morgan fingerprint density at radius 1 is 1.10 bits per heavy atom. The Kier molecular flexibility index (Phi) is 5.94. The lowest BCUT2D eigenvalue weighted by Crippen LogP contribution is -2.48. The maximum atomic E-state index is 13.4. The molecule has 3 aromatic rings. The molecule has 2 aromatic carbocycles. The van der Waals surface area contributed by atoms with Gasteiger partial charge in [0.05, 0.1) is 15.6 Å². The summed E-state index contributed by atoms with van der Waals surface area (Å²) < 4.78 is 41.3. The summed E-state index contributed by atoms with van der Waals surface area (Å²) in [7, 11) is -3.53. The maximum Gasteiger partial charge on any atom is 0.243 e. The Balaban J connectivity index is 1.46. The summed E-state index contributed by atoms with van der Waals surface area (Å²) in [6, 6.07) is 11.2. The molecule has 0 amide bonds. The van der Waals surface area contributed by atoms with E-state index in [0.29, 0.717) is 26.2 Å². The van der Waals surface area contributed by atoms with Gasteiger partial charge in [0.25, 0.3) is 0 Å². The largest absolute Gasteiger partial charge is 0.345 e. The number of thiazole rings is 1. The van der Waals surface area contributed by atoms with Crippen LogP contribution in [0.1, 0.15) is 0 Å². The molecule has 29 heavy (non-hydrogen) atoms. The minimum atomic E-state index is -3.53. The third-order valence-electron chi connectivity index (χ3n) is 4.65. The molecule has 0 bridgehead atoms. The van der Waals surface area contributed by atoms with Crippen LogP contribution in [0.2, 0.25) is 5.02 Å². The Bertz CT molecular complexity index is 1150. The lowest BCUT2D eigenvalue weighted by Gasteiger charge is -2.33. The van der Waals surface area contributed by atoms with Crippen LogP contribution >= 0.6 is 38.9 Å². The van der Waals surface area contributed by atoms with Crippen molar-refractivity contribution >= 4 is 54.0 Å². The first-order valence-corrected chi connectivity index (χ1v) is 12.3. The monoisotopic (exact) mass is 515 g/mol. The standard InChI is InChI=1S/C19H16BrClFN3O2S2/c20-14-2-1-3-15(11-14)29(26,27)25-8-6-24(7-9-25)19-23-18(12-28-19)13-4-5-17(22)16(21)10-13/h1-5,10-12H,6-9H2. The lowest BCUT2D eigenvalue weighted by atomic mass is 10.2. The summed E-state index contributed by atoms with van der Waals surface area (Å²) in [5.74, 6) is -0.464. The van der Waals surface area contributed by atoms with Gasteiger partial charge in [-0.25, -0.2) is 17.8 Å². The van der Waals surface area contributed by atoms with Crippen molar-refractivity contribution in [1.29, 1.82) is 0 Å². The van der Waals surface area contributed by atoms with Crippen molar-refractivity contribution in [2.75, 3.05) is 31.1 Å². The molecular formula is C19H16BrClFN3O2S2. The molecule has 1 aliphatic rings. The second-order valence-electron chi connectivity index (χ2n) is 6.49. The van der Waals surface area contributed by atoms with Gasteiger partial charge < -0.3 is 4.90 Å². The molecule has 0 N–H and O–H groups in total. The molecule has 10 heteroatoms. The number of halogens is 3. The van der Waals surface area contributed by atoms with Crippen molar-refractivity contribution in [3.63, 3.8) is 0 Å². The zero-order chi connectivity index (χ0) is 20.6.